The molecule has 8 unspecified atom stereocenters. The van der Waals surface area contributed by atoms with Crippen LogP contribution in [0.3, 0.4) is 0 Å². The predicted molar refractivity (Wildman–Crippen MR) is 191 cm³/mol. The Hall–Kier alpha value is -2.00. The van der Waals surface area contributed by atoms with Crippen molar-refractivity contribution in [1.29, 1.82) is 0 Å². The molecular formula is C42H57NO6. The van der Waals surface area contributed by atoms with Gasteiger partial charge in [-0.1, -0.05) is 25.5 Å². The van der Waals surface area contributed by atoms with Gasteiger partial charge in [0.25, 0.3) is 0 Å². The topological polar surface area (TPSA) is 96.5 Å². The Morgan fingerprint density at radius 3 is 2.55 bits per heavy atom. The van der Waals surface area contributed by atoms with Gasteiger partial charge < -0.3 is 34.1 Å². The van der Waals surface area contributed by atoms with Crippen LogP contribution in [0.1, 0.15) is 117 Å². The molecule has 49 heavy (non-hydrogen) atoms. The average molecular weight is 672 g/mol. The fourth-order valence-electron chi connectivity index (χ4n) is 12.5. The Labute approximate surface area is 291 Å². The van der Waals surface area contributed by atoms with Gasteiger partial charge in [-0.25, -0.2) is 0 Å². The Kier molecular flexibility index (Phi) is 6.51. The van der Waals surface area contributed by atoms with Crippen molar-refractivity contribution >= 4 is 16.5 Å². The molecule has 0 radical (unpaired) electrons. The van der Waals surface area contributed by atoms with Crippen molar-refractivity contribution in [1.82, 2.24) is 4.98 Å². The standard InChI is InChI=1S/C42H57NO6/c1-22(2)13-16-46-38(7,8)34-32(44)35-42(48-35)31(47-34)12-14-39(9)40(10)24(11-15-41(39,42)45)19-27-26-17-23-18-29-28(21-36(3,4)49-37(29,5)6)25(23)20-30(26)43-33(27)40/h13,17,20-21,24,29,31-32,34-35,43-45H,11-12,14-16,18-19H2,1-10H3/t24?,29?,31?,32?,34?,35?,39-,40-,41?,42?/m1/s1. The molecule has 7 nitrogen and oxygen atoms in total. The lowest BCUT2D eigenvalue weighted by atomic mass is 9.40. The largest absolute Gasteiger partial charge is 0.387 e. The van der Waals surface area contributed by atoms with Crippen LogP contribution in [0.15, 0.2) is 29.9 Å². The summed E-state index contributed by atoms with van der Waals surface area (Å²) < 4.78 is 26.3. The number of aromatic amines is 1. The molecule has 1 aromatic carbocycles. The first-order valence-corrected chi connectivity index (χ1v) is 18.9. The highest BCUT2D eigenvalue weighted by atomic mass is 16.7. The summed E-state index contributed by atoms with van der Waals surface area (Å²) in [6.45, 7) is 22.1. The number of nitrogens with one attached hydrogen (secondary N) is 1. The lowest BCUT2D eigenvalue weighted by Crippen LogP contribution is -2.76. The number of allylic oxidation sites excluding steroid dienone is 1. The van der Waals surface area contributed by atoms with Crippen LogP contribution in [0.2, 0.25) is 0 Å². The third kappa shape index (κ3) is 3.96. The summed E-state index contributed by atoms with van der Waals surface area (Å²) in [5, 5.41) is 26.4. The molecule has 1 aromatic heterocycles. The molecule has 7 aliphatic rings. The van der Waals surface area contributed by atoms with Gasteiger partial charge in [0, 0.05) is 33.3 Å². The van der Waals surface area contributed by atoms with Gasteiger partial charge in [0.15, 0.2) is 5.60 Å². The van der Waals surface area contributed by atoms with Crippen molar-refractivity contribution in [3.8, 4) is 0 Å². The quantitative estimate of drug-likeness (QED) is 0.237. The van der Waals surface area contributed by atoms with Crippen molar-refractivity contribution in [3.05, 3.63) is 52.2 Å². The van der Waals surface area contributed by atoms with E-state index in [2.05, 4.69) is 84.7 Å². The lowest BCUT2D eigenvalue weighted by Gasteiger charge is -2.66. The fraction of sp³-hybridized carbons (Fsp3) is 0.714. The monoisotopic (exact) mass is 671 g/mol. The van der Waals surface area contributed by atoms with Gasteiger partial charge in [0.05, 0.1) is 29.5 Å². The van der Waals surface area contributed by atoms with E-state index in [1.54, 1.807) is 0 Å². The highest BCUT2D eigenvalue weighted by molar-refractivity contribution is 5.92. The molecule has 3 aliphatic heterocycles. The number of benzene rings is 1. The van der Waals surface area contributed by atoms with E-state index >= 15 is 0 Å². The number of hydrogen-bond acceptors (Lipinski definition) is 6. The molecule has 2 saturated heterocycles. The Balaban J connectivity index is 1.08. The van der Waals surface area contributed by atoms with E-state index in [4.69, 9.17) is 18.9 Å². The molecule has 4 fully saturated rings. The van der Waals surface area contributed by atoms with Crippen molar-refractivity contribution in [2.45, 2.75) is 166 Å². The van der Waals surface area contributed by atoms with E-state index < -0.39 is 40.5 Å². The summed E-state index contributed by atoms with van der Waals surface area (Å²) in [5.41, 5.74) is 5.25. The van der Waals surface area contributed by atoms with Crippen LogP contribution in [0.5, 0.6) is 0 Å². The summed E-state index contributed by atoms with van der Waals surface area (Å²) in [6.07, 6.45) is 7.38. The number of ether oxygens (including phenoxy) is 4. The molecule has 0 bridgehead atoms. The van der Waals surface area contributed by atoms with E-state index in [9.17, 15) is 10.2 Å². The Morgan fingerprint density at radius 2 is 1.82 bits per heavy atom. The SMILES string of the molecule is CC(C)=CCOC(C)(C)C1OC2CC[C@@]3(C)C(O)(CCC4Cc5c([nH]c6cc7c(cc56)CC5C7=CC(C)(C)OC5(C)C)[C@@]43C)C23OC3C1O. The molecule has 10 atom stereocenters. The van der Waals surface area contributed by atoms with Gasteiger partial charge in [-0.2, -0.15) is 0 Å². The minimum absolute atomic E-state index is 0.227. The van der Waals surface area contributed by atoms with Crippen molar-refractivity contribution in [2.24, 2.45) is 17.3 Å². The van der Waals surface area contributed by atoms with Crippen molar-refractivity contribution in [3.63, 3.8) is 0 Å². The molecule has 4 aliphatic carbocycles. The van der Waals surface area contributed by atoms with Crippen molar-refractivity contribution < 1.29 is 29.2 Å². The van der Waals surface area contributed by atoms with E-state index in [0.717, 1.165) is 32.1 Å². The minimum Gasteiger partial charge on any atom is -0.387 e. The third-order valence-electron chi connectivity index (χ3n) is 15.1. The second-order valence-electron chi connectivity index (χ2n) is 19.1. The van der Waals surface area contributed by atoms with E-state index in [-0.39, 0.29) is 22.7 Å². The Bertz CT molecular complexity index is 1830. The number of aliphatic hydroxyl groups is 2. The van der Waals surface area contributed by atoms with Gasteiger partial charge in [-0.05, 0) is 140 Å². The fourth-order valence-corrected chi connectivity index (χ4v) is 12.5. The molecule has 2 aromatic rings. The first-order chi connectivity index (χ1) is 22.8. The maximum absolute atomic E-state index is 13.2. The van der Waals surface area contributed by atoms with Crippen LogP contribution in [0, 0.1) is 17.3 Å². The highest BCUT2D eigenvalue weighted by Gasteiger charge is 2.86. The number of hydrogen-bond donors (Lipinski definition) is 3. The maximum Gasteiger partial charge on any atom is 0.152 e. The van der Waals surface area contributed by atoms with Gasteiger partial charge in [0.1, 0.15) is 23.9 Å². The van der Waals surface area contributed by atoms with Gasteiger partial charge >= 0.3 is 0 Å². The lowest BCUT2D eigenvalue weighted by molar-refractivity contribution is -0.283. The molecule has 2 saturated carbocycles. The number of aliphatic hydroxyl groups excluding tert-OH is 1. The normalized spacial score (nSPS) is 43.7. The molecule has 3 N–H and O–H groups in total. The van der Waals surface area contributed by atoms with E-state index in [0.29, 0.717) is 24.9 Å². The second-order valence-corrected chi connectivity index (χ2v) is 19.1. The molecule has 266 valence electrons. The molecule has 0 amide bonds. The summed E-state index contributed by atoms with van der Waals surface area (Å²) >= 11 is 0. The molecule has 9 rings (SSSR count). The highest BCUT2D eigenvalue weighted by Crippen LogP contribution is 2.75. The first kappa shape index (κ1) is 32.9. The van der Waals surface area contributed by atoms with Crippen LogP contribution in [0.25, 0.3) is 16.5 Å². The molecule has 4 heterocycles. The number of rotatable bonds is 4. The molecule has 1 spiro atoms. The van der Waals surface area contributed by atoms with Crippen LogP contribution < -0.4 is 0 Å². The number of H-pyrrole nitrogens is 1. The van der Waals surface area contributed by atoms with Crippen LogP contribution >= 0.6 is 0 Å². The second kappa shape index (κ2) is 9.70. The van der Waals surface area contributed by atoms with E-state index in [1.165, 1.54) is 44.4 Å². The maximum atomic E-state index is 13.2. The summed E-state index contributed by atoms with van der Waals surface area (Å²) in [5.74, 6) is 0.775. The molecule has 7 heteroatoms. The number of aromatic nitrogens is 1. The first-order valence-electron chi connectivity index (χ1n) is 18.9. The Morgan fingerprint density at radius 1 is 1.06 bits per heavy atom. The molecular weight excluding hydrogens is 614 g/mol. The number of fused-ring (bicyclic) bond motifs is 10. The number of epoxide rings is 1. The average Bonchev–Trinajstić information content (AvgIpc) is 3.41. The third-order valence-corrected chi connectivity index (χ3v) is 15.1. The zero-order valence-electron chi connectivity index (χ0n) is 31.3. The van der Waals surface area contributed by atoms with Gasteiger partial charge in [-0.15, -0.1) is 0 Å². The minimum atomic E-state index is -1.14. The van der Waals surface area contributed by atoms with Crippen molar-refractivity contribution in [2.75, 3.05) is 6.61 Å². The summed E-state index contributed by atoms with van der Waals surface area (Å²) in [4.78, 5) is 4.01. The van der Waals surface area contributed by atoms with Gasteiger partial charge in [-0.3, -0.25) is 0 Å². The van der Waals surface area contributed by atoms with E-state index in [1.807, 2.05) is 13.8 Å². The van der Waals surface area contributed by atoms with Crippen LogP contribution in [-0.4, -0.2) is 74.2 Å². The zero-order valence-corrected chi connectivity index (χ0v) is 31.3. The zero-order chi connectivity index (χ0) is 34.9. The summed E-state index contributed by atoms with van der Waals surface area (Å²) in [7, 11) is 0. The van der Waals surface area contributed by atoms with Gasteiger partial charge in [0.2, 0.25) is 0 Å². The smallest absolute Gasteiger partial charge is 0.152 e. The summed E-state index contributed by atoms with van der Waals surface area (Å²) in [6, 6.07) is 4.88. The van der Waals surface area contributed by atoms with Crippen LogP contribution in [-0.2, 0) is 37.2 Å². The predicted octanol–water partition coefficient (Wildman–Crippen LogP) is 7.09. The van der Waals surface area contributed by atoms with Crippen LogP contribution in [0.4, 0.5) is 0 Å².